The highest BCUT2D eigenvalue weighted by Gasteiger charge is 2.38. The Hall–Kier alpha value is -3.38. The molecule has 0 saturated carbocycles. The van der Waals surface area contributed by atoms with Gasteiger partial charge >= 0.3 is 5.97 Å². The molecular weight excluding hydrogens is 452 g/mol. The maximum atomic E-state index is 14.0. The average Bonchev–Trinajstić information content (AvgIpc) is 3.33. The number of pyridine rings is 1. The van der Waals surface area contributed by atoms with Crippen LogP contribution in [0.25, 0.3) is 22.4 Å². The third-order valence-corrected chi connectivity index (χ3v) is 7.30. The van der Waals surface area contributed by atoms with E-state index in [1.54, 1.807) is 22.5 Å². The van der Waals surface area contributed by atoms with Crippen molar-refractivity contribution in [3.8, 4) is 22.4 Å². The molecule has 1 saturated heterocycles. The van der Waals surface area contributed by atoms with Crippen molar-refractivity contribution in [1.82, 2.24) is 9.47 Å². The second kappa shape index (κ2) is 8.76. The summed E-state index contributed by atoms with van der Waals surface area (Å²) in [5.74, 6) is -1.84. The summed E-state index contributed by atoms with van der Waals surface area (Å²) >= 11 is 6.32. The van der Waals surface area contributed by atoms with Crippen molar-refractivity contribution in [3.05, 3.63) is 81.1 Å². The standard InChI is InChI=1S/C27H25ClN2O4/c1-16(27(33)34)23-8-5-12-29(23)26(32)22-15-21(17-6-3-2-4-7-17)25(31)30-13-11-18-9-10-19(28)14-20(18)24(22)30/h2-4,6-7,9-10,14-16,23H,5,8,11-13H2,1H3,(H,33,34)/t16?,23-/m0/s1. The molecule has 7 heteroatoms. The molecule has 0 spiro atoms. The lowest BCUT2D eigenvalue weighted by Crippen LogP contribution is -2.42. The number of likely N-dealkylation sites (tertiary alicyclic amines) is 1. The van der Waals surface area contributed by atoms with Crippen molar-refractivity contribution in [2.24, 2.45) is 5.92 Å². The zero-order valence-electron chi connectivity index (χ0n) is 18.8. The number of carboxylic acid groups (broad SMARTS) is 1. The number of aromatic nitrogens is 1. The molecule has 1 N–H and O–H groups in total. The molecule has 0 radical (unpaired) electrons. The van der Waals surface area contributed by atoms with E-state index in [1.807, 2.05) is 48.5 Å². The number of amides is 1. The molecule has 1 unspecified atom stereocenters. The topological polar surface area (TPSA) is 79.6 Å². The van der Waals surface area contributed by atoms with Crippen LogP contribution in [0, 0.1) is 5.92 Å². The Balaban J connectivity index is 1.74. The fraction of sp³-hybridized carbons (Fsp3) is 0.296. The van der Waals surface area contributed by atoms with Crippen LogP contribution in [0.5, 0.6) is 0 Å². The van der Waals surface area contributed by atoms with E-state index in [0.29, 0.717) is 47.8 Å². The first-order valence-electron chi connectivity index (χ1n) is 11.5. The summed E-state index contributed by atoms with van der Waals surface area (Å²) in [7, 11) is 0. The second-order valence-corrected chi connectivity index (χ2v) is 9.47. The van der Waals surface area contributed by atoms with E-state index < -0.39 is 11.9 Å². The van der Waals surface area contributed by atoms with Crippen LogP contribution in [-0.2, 0) is 17.8 Å². The minimum Gasteiger partial charge on any atom is -0.481 e. The number of benzene rings is 2. The maximum absolute atomic E-state index is 14.0. The van der Waals surface area contributed by atoms with Crippen molar-refractivity contribution < 1.29 is 14.7 Å². The minimum atomic E-state index is -0.918. The van der Waals surface area contributed by atoms with Gasteiger partial charge in [-0.2, -0.15) is 0 Å². The van der Waals surface area contributed by atoms with Crippen molar-refractivity contribution in [1.29, 1.82) is 0 Å². The van der Waals surface area contributed by atoms with Gasteiger partial charge in [-0.1, -0.05) is 48.0 Å². The molecule has 1 fully saturated rings. The molecule has 1 aromatic heterocycles. The molecule has 3 aromatic rings. The van der Waals surface area contributed by atoms with Crippen LogP contribution in [0.3, 0.4) is 0 Å². The van der Waals surface area contributed by atoms with Crippen molar-refractivity contribution >= 4 is 23.5 Å². The van der Waals surface area contributed by atoms with E-state index in [9.17, 15) is 19.5 Å². The lowest BCUT2D eigenvalue weighted by atomic mass is 9.91. The van der Waals surface area contributed by atoms with E-state index in [2.05, 4.69) is 0 Å². The Labute approximate surface area is 202 Å². The van der Waals surface area contributed by atoms with Crippen LogP contribution in [-0.4, -0.2) is 39.0 Å². The minimum absolute atomic E-state index is 0.153. The second-order valence-electron chi connectivity index (χ2n) is 9.03. The van der Waals surface area contributed by atoms with Gasteiger partial charge in [0.1, 0.15) is 0 Å². The van der Waals surface area contributed by atoms with E-state index in [0.717, 1.165) is 23.1 Å². The summed E-state index contributed by atoms with van der Waals surface area (Å²) in [5, 5.41) is 10.1. The molecule has 2 aliphatic rings. The van der Waals surface area contributed by atoms with E-state index in [1.165, 1.54) is 0 Å². The zero-order valence-corrected chi connectivity index (χ0v) is 19.6. The van der Waals surface area contributed by atoms with Crippen LogP contribution >= 0.6 is 11.6 Å². The highest BCUT2D eigenvalue weighted by molar-refractivity contribution is 6.31. The highest BCUT2D eigenvalue weighted by Crippen LogP contribution is 2.36. The van der Waals surface area contributed by atoms with Crippen molar-refractivity contribution in [2.45, 2.75) is 38.8 Å². The van der Waals surface area contributed by atoms with Crippen LogP contribution in [0.1, 0.15) is 35.7 Å². The summed E-state index contributed by atoms with van der Waals surface area (Å²) in [6.07, 6.45) is 2.05. The van der Waals surface area contributed by atoms with Gasteiger partial charge in [0.05, 0.1) is 17.2 Å². The number of hydrogen-bond acceptors (Lipinski definition) is 3. The number of hydrogen-bond donors (Lipinski definition) is 1. The molecule has 3 heterocycles. The first-order chi connectivity index (χ1) is 16.4. The van der Waals surface area contributed by atoms with E-state index in [4.69, 9.17) is 11.6 Å². The van der Waals surface area contributed by atoms with Gasteiger partial charge < -0.3 is 14.6 Å². The van der Waals surface area contributed by atoms with Gasteiger partial charge in [0.25, 0.3) is 11.5 Å². The van der Waals surface area contributed by atoms with Gasteiger partial charge in [-0.3, -0.25) is 14.4 Å². The number of carbonyl (C=O) groups excluding carboxylic acids is 1. The Bertz CT molecular complexity index is 1350. The monoisotopic (exact) mass is 476 g/mol. The molecule has 6 nitrogen and oxygen atoms in total. The van der Waals surface area contributed by atoms with Gasteiger partial charge in [0.2, 0.25) is 0 Å². The maximum Gasteiger partial charge on any atom is 0.308 e. The van der Waals surface area contributed by atoms with Gasteiger partial charge in [-0.15, -0.1) is 0 Å². The number of aliphatic carboxylic acids is 1. The fourth-order valence-corrected chi connectivity index (χ4v) is 5.43. The average molecular weight is 477 g/mol. The third kappa shape index (κ3) is 3.72. The van der Waals surface area contributed by atoms with Crippen molar-refractivity contribution in [3.63, 3.8) is 0 Å². The number of nitrogens with zero attached hydrogens (tertiary/aromatic N) is 2. The lowest BCUT2D eigenvalue weighted by Gasteiger charge is -2.31. The quantitative estimate of drug-likeness (QED) is 0.591. The third-order valence-electron chi connectivity index (χ3n) is 7.06. The summed E-state index contributed by atoms with van der Waals surface area (Å²) in [5.41, 5.74) is 3.83. The zero-order chi connectivity index (χ0) is 24.0. The van der Waals surface area contributed by atoms with E-state index >= 15 is 0 Å². The summed E-state index contributed by atoms with van der Waals surface area (Å²) < 4.78 is 1.68. The number of carbonyl (C=O) groups is 2. The molecule has 0 bridgehead atoms. The molecule has 5 rings (SSSR count). The van der Waals surface area contributed by atoms with Gasteiger partial charge in [0.15, 0.2) is 0 Å². The Kier molecular flexibility index (Phi) is 5.78. The number of halogens is 1. The molecule has 0 aliphatic carbocycles. The molecule has 174 valence electrons. The lowest BCUT2D eigenvalue weighted by molar-refractivity contribution is -0.142. The summed E-state index contributed by atoms with van der Waals surface area (Å²) in [6.45, 7) is 2.59. The Morgan fingerprint density at radius 3 is 2.56 bits per heavy atom. The number of carboxylic acids is 1. The molecule has 2 aliphatic heterocycles. The molecule has 2 atom stereocenters. The molecular formula is C27H25ClN2O4. The predicted octanol–water partition coefficient (Wildman–Crippen LogP) is 4.72. The molecule has 34 heavy (non-hydrogen) atoms. The van der Waals surface area contributed by atoms with Gasteiger partial charge in [-0.05, 0) is 55.5 Å². The Morgan fingerprint density at radius 2 is 1.82 bits per heavy atom. The van der Waals surface area contributed by atoms with E-state index in [-0.39, 0.29) is 17.5 Å². The van der Waals surface area contributed by atoms with Gasteiger partial charge in [0, 0.05) is 35.3 Å². The number of aryl methyl sites for hydroxylation is 1. The summed E-state index contributed by atoms with van der Waals surface area (Å²) in [6, 6.07) is 16.2. The molecule has 2 aromatic carbocycles. The first-order valence-corrected chi connectivity index (χ1v) is 11.9. The first kappa shape index (κ1) is 22.4. The van der Waals surface area contributed by atoms with Crippen LogP contribution < -0.4 is 5.56 Å². The summed E-state index contributed by atoms with van der Waals surface area (Å²) in [4.78, 5) is 41.0. The number of fused-ring (bicyclic) bond motifs is 3. The normalized spacial score (nSPS) is 17.7. The predicted molar refractivity (Wildman–Crippen MR) is 131 cm³/mol. The number of rotatable bonds is 4. The van der Waals surface area contributed by atoms with Crippen LogP contribution in [0.4, 0.5) is 0 Å². The van der Waals surface area contributed by atoms with Crippen LogP contribution in [0.2, 0.25) is 5.02 Å². The van der Waals surface area contributed by atoms with Crippen molar-refractivity contribution in [2.75, 3.05) is 6.54 Å². The Morgan fingerprint density at radius 1 is 1.06 bits per heavy atom. The molecule has 1 amide bonds. The van der Waals surface area contributed by atoms with Crippen LogP contribution in [0.15, 0.2) is 59.4 Å². The van der Waals surface area contributed by atoms with Gasteiger partial charge in [-0.25, -0.2) is 0 Å². The smallest absolute Gasteiger partial charge is 0.308 e. The highest BCUT2D eigenvalue weighted by atomic mass is 35.5. The largest absolute Gasteiger partial charge is 0.481 e. The fourth-order valence-electron chi connectivity index (χ4n) is 5.26. The SMILES string of the molecule is CC(C(=O)O)[C@@H]1CCCN1C(=O)c1cc(-c2ccccc2)c(=O)n2c1-c1cc(Cl)ccc1CC2.